The lowest BCUT2D eigenvalue weighted by molar-refractivity contribution is -0.152. The monoisotopic (exact) mass is 399 g/mol. The van der Waals surface area contributed by atoms with E-state index in [-0.39, 0.29) is 29.8 Å². The van der Waals surface area contributed by atoms with Gasteiger partial charge in [0.2, 0.25) is 11.9 Å². The fourth-order valence-corrected chi connectivity index (χ4v) is 3.57. The molecule has 1 saturated heterocycles. The van der Waals surface area contributed by atoms with Gasteiger partial charge in [0.25, 0.3) is 5.91 Å². The third kappa shape index (κ3) is 4.29. The number of carbonyl (C=O) groups is 2. The molecule has 1 aromatic carbocycles. The molecule has 0 aliphatic carbocycles. The molecule has 1 aliphatic rings. The molecule has 1 atom stereocenters. The Morgan fingerprint density at radius 3 is 2.52 bits per heavy atom. The van der Waals surface area contributed by atoms with Crippen molar-refractivity contribution in [3.63, 3.8) is 0 Å². The number of pyridine rings is 1. The minimum Gasteiger partial charge on any atom is -0.383 e. The highest BCUT2D eigenvalue weighted by atomic mass is 19.1. The molecule has 6 nitrogen and oxygen atoms in total. The summed E-state index contributed by atoms with van der Waals surface area (Å²) in [4.78, 5) is 32.2. The van der Waals surface area contributed by atoms with Gasteiger partial charge in [-0.25, -0.2) is 4.98 Å². The first-order valence-electron chi connectivity index (χ1n) is 9.61. The summed E-state index contributed by atoms with van der Waals surface area (Å²) in [6, 6.07) is 12.3. The quantitative estimate of drug-likeness (QED) is 0.752. The van der Waals surface area contributed by atoms with Gasteiger partial charge in [-0.15, -0.1) is 0 Å². The summed E-state index contributed by atoms with van der Waals surface area (Å²) >= 11 is 0. The minimum atomic E-state index is -1.13. The van der Waals surface area contributed by atoms with Crippen LogP contribution >= 0.6 is 0 Å². The second kappa shape index (κ2) is 8.29. The highest BCUT2D eigenvalue weighted by Crippen LogP contribution is 2.30. The number of halogens is 1. The summed E-state index contributed by atoms with van der Waals surface area (Å²) in [7, 11) is 1.63. The van der Waals surface area contributed by atoms with E-state index >= 15 is 0 Å². The fourth-order valence-electron chi connectivity index (χ4n) is 3.57. The van der Waals surface area contributed by atoms with Gasteiger partial charge >= 0.3 is 0 Å². The predicted octanol–water partition coefficient (Wildman–Crippen LogP) is 1.77. The Morgan fingerprint density at radius 1 is 1.24 bits per heavy atom. The zero-order valence-electron chi connectivity index (χ0n) is 16.9. The van der Waals surface area contributed by atoms with Crippen LogP contribution in [0.5, 0.6) is 0 Å². The van der Waals surface area contributed by atoms with Gasteiger partial charge in [-0.2, -0.15) is 4.39 Å². The zero-order chi connectivity index (χ0) is 21.2. The zero-order valence-corrected chi connectivity index (χ0v) is 16.9. The number of aromatic nitrogens is 1. The number of rotatable bonds is 6. The summed E-state index contributed by atoms with van der Waals surface area (Å²) in [6.45, 7) is 4.04. The first-order valence-corrected chi connectivity index (χ1v) is 9.61. The molecule has 0 saturated carbocycles. The van der Waals surface area contributed by atoms with Gasteiger partial charge in [-0.05, 0) is 25.5 Å². The average Bonchev–Trinajstić information content (AvgIpc) is 2.66. The number of carbonyl (C=O) groups excluding carboxylic acids is 2. The molecule has 1 aliphatic heterocycles. The second-order valence-electron chi connectivity index (χ2n) is 7.99. The predicted molar refractivity (Wildman–Crippen MR) is 107 cm³/mol. The second-order valence-corrected chi connectivity index (χ2v) is 7.99. The van der Waals surface area contributed by atoms with Crippen LogP contribution in [-0.4, -0.2) is 64.0 Å². The van der Waals surface area contributed by atoms with Crippen molar-refractivity contribution in [2.75, 3.05) is 20.1 Å². The molecule has 1 fully saturated rings. The van der Waals surface area contributed by atoms with Crippen molar-refractivity contribution in [2.45, 2.75) is 37.8 Å². The van der Waals surface area contributed by atoms with Crippen molar-refractivity contribution < 1.29 is 19.1 Å². The van der Waals surface area contributed by atoms with E-state index in [1.165, 1.54) is 11.1 Å². The molecule has 0 bridgehead atoms. The molecule has 2 heterocycles. The Hall–Kier alpha value is -2.80. The maximum Gasteiger partial charge on any atom is 0.251 e. The Labute approximate surface area is 170 Å². The van der Waals surface area contributed by atoms with E-state index in [1.807, 2.05) is 30.3 Å². The summed E-state index contributed by atoms with van der Waals surface area (Å²) < 4.78 is 14.0. The lowest BCUT2D eigenvalue weighted by Gasteiger charge is -2.46. The van der Waals surface area contributed by atoms with Crippen molar-refractivity contribution in [3.8, 4) is 0 Å². The summed E-state index contributed by atoms with van der Waals surface area (Å²) in [5.41, 5.74) is 0.0715. The van der Waals surface area contributed by atoms with Crippen LogP contribution in [0.3, 0.4) is 0 Å². The maximum absolute atomic E-state index is 14.0. The topological polar surface area (TPSA) is 73.7 Å². The number of likely N-dealkylation sites (N-methyl/N-ethyl adjacent to an activating group) is 1. The van der Waals surface area contributed by atoms with E-state index < -0.39 is 17.5 Å². The van der Waals surface area contributed by atoms with E-state index in [1.54, 1.807) is 37.9 Å². The number of amides is 2. The van der Waals surface area contributed by atoms with Gasteiger partial charge in [-0.1, -0.05) is 36.4 Å². The largest absolute Gasteiger partial charge is 0.383 e. The lowest BCUT2D eigenvalue weighted by Crippen LogP contribution is -2.64. The average molecular weight is 399 g/mol. The number of aliphatic hydroxyl groups excluding tert-OH is 1. The van der Waals surface area contributed by atoms with Crippen molar-refractivity contribution in [1.29, 1.82) is 0 Å². The Balaban J connectivity index is 1.57. The van der Waals surface area contributed by atoms with Crippen molar-refractivity contribution >= 4 is 11.8 Å². The minimum absolute atomic E-state index is 0.175. The number of benzene rings is 1. The van der Waals surface area contributed by atoms with Crippen LogP contribution in [-0.2, 0) is 21.4 Å². The van der Waals surface area contributed by atoms with Crippen LogP contribution in [0, 0.1) is 5.95 Å². The van der Waals surface area contributed by atoms with Gasteiger partial charge in [0.1, 0.15) is 6.10 Å². The highest BCUT2D eigenvalue weighted by molar-refractivity contribution is 5.88. The van der Waals surface area contributed by atoms with Gasteiger partial charge < -0.3 is 14.9 Å². The molecule has 1 N–H and O–H groups in total. The van der Waals surface area contributed by atoms with Crippen molar-refractivity contribution in [3.05, 3.63) is 65.7 Å². The Kier molecular flexibility index (Phi) is 5.98. The number of nitrogens with zero attached hydrogens (tertiary/aromatic N) is 3. The SMILES string of the molecule is CN(C(=O)C(O)Cc1ccccc1)C1CN(C(=O)C(C)(C)c2cccnc2F)C1. The summed E-state index contributed by atoms with van der Waals surface area (Å²) in [5, 5.41) is 10.3. The molecule has 3 rings (SSSR count). The van der Waals surface area contributed by atoms with Crippen LogP contribution in [0.4, 0.5) is 4.39 Å². The molecular weight excluding hydrogens is 373 g/mol. The van der Waals surface area contributed by atoms with E-state index in [0.717, 1.165) is 5.56 Å². The van der Waals surface area contributed by atoms with E-state index in [0.29, 0.717) is 13.1 Å². The number of aliphatic hydroxyl groups is 1. The van der Waals surface area contributed by atoms with Crippen molar-refractivity contribution in [1.82, 2.24) is 14.8 Å². The third-order valence-electron chi connectivity index (χ3n) is 5.57. The van der Waals surface area contributed by atoms with Crippen LogP contribution in [0.2, 0.25) is 0 Å². The van der Waals surface area contributed by atoms with Crippen LogP contribution < -0.4 is 0 Å². The molecule has 2 aromatic rings. The molecule has 154 valence electrons. The number of hydrogen-bond acceptors (Lipinski definition) is 4. The Bertz CT molecular complexity index is 882. The Morgan fingerprint density at radius 2 is 1.90 bits per heavy atom. The van der Waals surface area contributed by atoms with E-state index in [2.05, 4.69) is 4.98 Å². The summed E-state index contributed by atoms with van der Waals surface area (Å²) in [6.07, 6.45) is 0.459. The van der Waals surface area contributed by atoms with Gasteiger partial charge in [0.05, 0.1) is 11.5 Å². The van der Waals surface area contributed by atoms with Gasteiger partial charge in [0.15, 0.2) is 0 Å². The highest BCUT2D eigenvalue weighted by Gasteiger charge is 2.43. The standard InChI is InChI=1S/C22H26FN3O3/c1-22(2,17-10-7-11-24-19(17)23)21(29)26-13-16(14-26)25(3)20(28)18(27)12-15-8-5-4-6-9-15/h4-11,16,18,27H,12-14H2,1-3H3. The maximum atomic E-state index is 14.0. The molecule has 1 unspecified atom stereocenters. The summed E-state index contributed by atoms with van der Waals surface area (Å²) in [5.74, 6) is -1.24. The molecule has 0 radical (unpaired) electrons. The molecule has 7 heteroatoms. The number of likely N-dealkylation sites (tertiary alicyclic amines) is 1. The smallest absolute Gasteiger partial charge is 0.251 e. The van der Waals surface area contributed by atoms with Crippen LogP contribution in [0.25, 0.3) is 0 Å². The van der Waals surface area contributed by atoms with E-state index in [9.17, 15) is 19.1 Å². The molecule has 29 heavy (non-hydrogen) atoms. The molecule has 0 spiro atoms. The fraction of sp³-hybridized carbons (Fsp3) is 0.409. The van der Waals surface area contributed by atoms with Gasteiger partial charge in [-0.3, -0.25) is 9.59 Å². The van der Waals surface area contributed by atoms with Gasteiger partial charge in [0, 0.05) is 38.3 Å². The third-order valence-corrected chi connectivity index (χ3v) is 5.57. The molecule has 2 amide bonds. The molecular formula is C22H26FN3O3. The molecule has 1 aromatic heterocycles. The van der Waals surface area contributed by atoms with Crippen LogP contribution in [0.1, 0.15) is 25.0 Å². The van der Waals surface area contributed by atoms with E-state index in [4.69, 9.17) is 0 Å². The normalized spacial score (nSPS) is 15.6. The first-order chi connectivity index (χ1) is 13.7. The van der Waals surface area contributed by atoms with Crippen molar-refractivity contribution in [2.24, 2.45) is 0 Å². The number of hydrogen-bond donors (Lipinski definition) is 1. The van der Waals surface area contributed by atoms with Crippen LogP contribution in [0.15, 0.2) is 48.7 Å². The first kappa shape index (κ1) is 20.9. The lowest BCUT2D eigenvalue weighted by atomic mass is 9.82.